The van der Waals surface area contributed by atoms with Gasteiger partial charge in [-0.15, -0.1) is 0 Å². The summed E-state index contributed by atoms with van der Waals surface area (Å²) in [6.07, 6.45) is 0. The van der Waals surface area contributed by atoms with Gasteiger partial charge in [-0.1, -0.05) is 115 Å². The highest BCUT2D eigenvalue weighted by Gasteiger charge is 2.32. The Labute approximate surface area is 272 Å². The van der Waals surface area contributed by atoms with Gasteiger partial charge < -0.3 is 9.15 Å². The van der Waals surface area contributed by atoms with Crippen LogP contribution in [0.4, 0.5) is 0 Å². The molecule has 224 valence electrons. The summed E-state index contributed by atoms with van der Waals surface area (Å²) in [7, 11) is 0. The summed E-state index contributed by atoms with van der Waals surface area (Å²) in [6.45, 7) is 4.24. The molecule has 5 heteroatoms. The van der Waals surface area contributed by atoms with E-state index in [0.717, 1.165) is 61.1 Å². The molecular weight excluding hydrogens is 578 g/mol. The zero-order valence-electron chi connectivity index (χ0n) is 25.9. The second-order valence-corrected chi connectivity index (χ2v) is 12.4. The molecule has 0 unspecified atom stereocenters. The van der Waals surface area contributed by atoms with E-state index >= 15 is 0 Å². The lowest BCUT2D eigenvalue weighted by atomic mass is 9.85. The normalized spacial score (nSPS) is 13.2. The number of hydrogen-bond donors (Lipinski definition) is 0. The number of rotatable bonds is 4. The Bertz CT molecular complexity index is 2410. The van der Waals surface area contributed by atoms with E-state index in [1.807, 2.05) is 78.9 Å². The van der Waals surface area contributed by atoms with Crippen LogP contribution in [0.3, 0.4) is 0 Å². The molecular formula is C42H29N3O2. The average molecular weight is 608 g/mol. The van der Waals surface area contributed by atoms with Gasteiger partial charge in [0.1, 0.15) is 22.5 Å². The fourth-order valence-electron chi connectivity index (χ4n) is 6.68. The highest BCUT2D eigenvalue weighted by molar-refractivity contribution is 6.11. The van der Waals surface area contributed by atoms with Crippen molar-refractivity contribution >= 4 is 21.9 Å². The van der Waals surface area contributed by atoms with Crippen LogP contribution in [0.15, 0.2) is 144 Å². The van der Waals surface area contributed by atoms with E-state index in [-0.39, 0.29) is 0 Å². The summed E-state index contributed by atoms with van der Waals surface area (Å²) in [4.78, 5) is 15.0. The number of fused-ring (bicyclic) bond motifs is 6. The summed E-state index contributed by atoms with van der Waals surface area (Å²) in [5.41, 5.74) is 9.30. The third-order valence-corrected chi connectivity index (χ3v) is 8.96. The molecule has 0 saturated carbocycles. The molecule has 5 nitrogen and oxygen atoms in total. The number of para-hydroxylation sites is 1. The highest BCUT2D eigenvalue weighted by atomic mass is 16.5. The lowest BCUT2D eigenvalue weighted by Crippen LogP contribution is -2.29. The zero-order chi connectivity index (χ0) is 31.5. The minimum absolute atomic E-state index is 0.467. The van der Waals surface area contributed by atoms with Crippen molar-refractivity contribution in [1.29, 1.82) is 0 Å². The number of nitrogens with zero attached hydrogens (tertiary/aromatic N) is 3. The van der Waals surface area contributed by atoms with Crippen LogP contribution in [0.25, 0.3) is 78.4 Å². The first kappa shape index (κ1) is 27.3. The molecule has 8 aromatic rings. The fraction of sp³-hybridized carbons (Fsp3) is 0.0714. The zero-order valence-corrected chi connectivity index (χ0v) is 25.9. The Balaban J connectivity index is 1.29. The Morgan fingerprint density at radius 1 is 0.468 bits per heavy atom. The summed E-state index contributed by atoms with van der Waals surface area (Å²) in [5, 5.41) is 2.04. The maximum Gasteiger partial charge on any atom is 0.164 e. The molecule has 0 atom stereocenters. The Kier molecular flexibility index (Phi) is 6.09. The monoisotopic (exact) mass is 607 g/mol. The van der Waals surface area contributed by atoms with E-state index < -0.39 is 5.60 Å². The molecule has 0 fully saturated rings. The number of furan rings is 1. The van der Waals surface area contributed by atoms with Crippen molar-refractivity contribution in [2.24, 2.45) is 0 Å². The molecule has 0 bridgehead atoms. The number of benzene rings is 6. The molecule has 0 spiro atoms. The van der Waals surface area contributed by atoms with E-state index in [0.29, 0.717) is 17.5 Å². The van der Waals surface area contributed by atoms with Crippen molar-refractivity contribution in [2.75, 3.05) is 0 Å². The number of aromatic nitrogens is 3. The minimum Gasteiger partial charge on any atom is -0.482 e. The van der Waals surface area contributed by atoms with Gasteiger partial charge in [-0.2, -0.15) is 0 Å². The summed E-state index contributed by atoms with van der Waals surface area (Å²) < 4.78 is 13.2. The van der Waals surface area contributed by atoms with Crippen molar-refractivity contribution in [3.8, 4) is 62.2 Å². The molecule has 0 amide bonds. The predicted octanol–water partition coefficient (Wildman–Crippen LogP) is 10.7. The van der Waals surface area contributed by atoms with Gasteiger partial charge in [-0.25, -0.2) is 15.0 Å². The number of hydrogen-bond acceptors (Lipinski definition) is 5. The molecule has 0 aliphatic carbocycles. The van der Waals surface area contributed by atoms with Crippen molar-refractivity contribution in [3.63, 3.8) is 0 Å². The van der Waals surface area contributed by atoms with E-state index in [9.17, 15) is 0 Å². The molecule has 0 saturated heterocycles. The molecule has 9 rings (SSSR count). The van der Waals surface area contributed by atoms with Gasteiger partial charge in [0.2, 0.25) is 0 Å². The fourth-order valence-corrected chi connectivity index (χ4v) is 6.68. The molecule has 0 N–H and O–H groups in total. The van der Waals surface area contributed by atoms with Gasteiger partial charge in [0, 0.05) is 44.2 Å². The van der Waals surface area contributed by atoms with E-state index in [4.69, 9.17) is 24.1 Å². The predicted molar refractivity (Wildman–Crippen MR) is 188 cm³/mol. The Hall–Kier alpha value is -6.07. The van der Waals surface area contributed by atoms with Crippen LogP contribution < -0.4 is 4.74 Å². The Morgan fingerprint density at radius 3 is 1.81 bits per heavy atom. The summed E-state index contributed by atoms with van der Waals surface area (Å²) >= 11 is 0. The standard InChI is InChI=1S/C42H29N3O2/c1-42(2)35-19-11-9-17-30(35)32-22-21-28(25-37(32)47-42)33-23-29(24-34-31-18-10-12-20-36(31)46-38(33)34)41-44-39(26-13-5-3-6-14-26)43-40(45-41)27-15-7-4-8-16-27/h3-25H,1-2H3. The minimum atomic E-state index is -0.467. The van der Waals surface area contributed by atoms with Gasteiger partial charge in [0.25, 0.3) is 0 Å². The lowest BCUT2D eigenvalue weighted by molar-refractivity contribution is 0.106. The van der Waals surface area contributed by atoms with Crippen LogP contribution in [0.1, 0.15) is 19.4 Å². The third kappa shape index (κ3) is 4.59. The molecule has 1 aliphatic heterocycles. The topological polar surface area (TPSA) is 61.0 Å². The smallest absolute Gasteiger partial charge is 0.164 e. The van der Waals surface area contributed by atoms with Gasteiger partial charge in [0.15, 0.2) is 17.5 Å². The van der Waals surface area contributed by atoms with E-state index in [1.54, 1.807) is 0 Å². The highest BCUT2D eigenvalue weighted by Crippen LogP contribution is 2.47. The first-order chi connectivity index (χ1) is 23.0. The molecule has 6 aromatic carbocycles. The van der Waals surface area contributed by atoms with Crippen LogP contribution in [0, 0.1) is 0 Å². The molecule has 2 aromatic heterocycles. The van der Waals surface area contributed by atoms with Crippen molar-refractivity contribution < 1.29 is 9.15 Å². The van der Waals surface area contributed by atoms with Crippen LogP contribution in [-0.2, 0) is 5.60 Å². The van der Waals surface area contributed by atoms with Crippen molar-refractivity contribution in [3.05, 3.63) is 145 Å². The molecule has 47 heavy (non-hydrogen) atoms. The first-order valence-electron chi connectivity index (χ1n) is 15.8. The Morgan fingerprint density at radius 2 is 1.09 bits per heavy atom. The van der Waals surface area contributed by atoms with E-state index in [2.05, 4.69) is 74.5 Å². The van der Waals surface area contributed by atoms with E-state index in [1.165, 1.54) is 11.1 Å². The largest absolute Gasteiger partial charge is 0.482 e. The summed E-state index contributed by atoms with van der Waals surface area (Å²) in [5.74, 6) is 2.68. The van der Waals surface area contributed by atoms with Crippen LogP contribution in [0.5, 0.6) is 5.75 Å². The molecule has 1 aliphatic rings. The first-order valence-corrected chi connectivity index (χ1v) is 15.8. The number of ether oxygens (including phenoxy) is 1. The van der Waals surface area contributed by atoms with Gasteiger partial charge in [-0.3, -0.25) is 0 Å². The van der Waals surface area contributed by atoms with Gasteiger partial charge in [-0.05, 0) is 49.2 Å². The third-order valence-electron chi connectivity index (χ3n) is 8.96. The van der Waals surface area contributed by atoms with Crippen LogP contribution >= 0.6 is 0 Å². The van der Waals surface area contributed by atoms with Gasteiger partial charge in [0.05, 0.1) is 0 Å². The van der Waals surface area contributed by atoms with Crippen LogP contribution in [0.2, 0.25) is 0 Å². The SMILES string of the molecule is CC1(C)Oc2cc(-c3cc(-c4nc(-c5ccccc5)nc(-c5ccccc5)n4)cc4c3oc3ccccc34)ccc2-c2ccccc21. The maximum atomic E-state index is 6.66. The van der Waals surface area contributed by atoms with Gasteiger partial charge >= 0.3 is 0 Å². The lowest BCUT2D eigenvalue weighted by Gasteiger charge is -2.35. The van der Waals surface area contributed by atoms with Crippen molar-refractivity contribution in [1.82, 2.24) is 15.0 Å². The maximum absolute atomic E-state index is 6.66. The quantitative estimate of drug-likeness (QED) is 0.199. The molecule has 3 heterocycles. The average Bonchev–Trinajstić information content (AvgIpc) is 3.50. The van der Waals surface area contributed by atoms with Crippen LogP contribution in [-0.4, -0.2) is 15.0 Å². The summed E-state index contributed by atoms with van der Waals surface area (Å²) in [6, 6.07) is 47.4. The van der Waals surface area contributed by atoms with Crippen molar-refractivity contribution in [2.45, 2.75) is 19.4 Å². The molecule has 0 radical (unpaired) electrons. The second kappa shape index (κ2) is 10.5. The second-order valence-electron chi connectivity index (χ2n) is 12.4.